The lowest BCUT2D eigenvalue weighted by atomic mass is 10.1. The molecule has 190 valence electrons. The Morgan fingerprint density at radius 1 is 1.25 bits per heavy atom. The molecule has 1 aliphatic heterocycles. The average molecular weight is 504 g/mol. The lowest BCUT2D eigenvalue weighted by Crippen LogP contribution is -2.47. The van der Waals surface area contributed by atoms with Crippen molar-refractivity contribution < 1.29 is 32.4 Å². The van der Waals surface area contributed by atoms with Crippen molar-refractivity contribution in [1.82, 2.24) is 19.9 Å². The molecule has 3 aromatic rings. The zero-order chi connectivity index (χ0) is 26.0. The van der Waals surface area contributed by atoms with Gasteiger partial charge in [0.2, 0.25) is 0 Å². The number of anilines is 2. The van der Waals surface area contributed by atoms with Crippen molar-refractivity contribution in [3.8, 4) is 23.1 Å². The second-order valence-electron chi connectivity index (χ2n) is 8.40. The molecule has 13 heteroatoms. The number of carbonyl (C=O) groups excluding carboxylic acids is 1. The van der Waals surface area contributed by atoms with Gasteiger partial charge in [0.1, 0.15) is 11.6 Å². The van der Waals surface area contributed by atoms with Crippen LogP contribution in [0.1, 0.15) is 22.8 Å². The monoisotopic (exact) mass is 504 g/mol. The van der Waals surface area contributed by atoms with E-state index in [2.05, 4.69) is 19.9 Å². The second-order valence-corrected chi connectivity index (χ2v) is 8.40. The Balaban J connectivity index is 1.77. The summed E-state index contributed by atoms with van der Waals surface area (Å²) in [4.78, 5) is 30.8. The van der Waals surface area contributed by atoms with Gasteiger partial charge in [0.15, 0.2) is 0 Å². The summed E-state index contributed by atoms with van der Waals surface area (Å²) in [5, 5.41) is 0. The molecule has 1 fully saturated rings. The third-order valence-corrected chi connectivity index (χ3v) is 5.47. The number of nitrogens with one attached hydrogen (secondary N) is 1. The fourth-order valence-corrected chi connectivity index (χ4v) is 3.64. The Morgan fingerprint density at radius 3 is 2.61 bits per heavy atom. The van der Waals surface area contributed by atoms with E-state index in [9.17, 15) is 18.0 Å². The van der Waals surface area contributed by atoms with Crippen LogP contribution < -0.4 is 20.4 Å². The number of nitrogen functional groups attached to an aromatic ring is 1. The summed E-state index contributed by atoms with van der Waals surface area (Å²) in [7, 11) is 3.28. The minimum atomic E-state index is -4.71. The Morgan fingerprint density at radius 2 is 1.97 bits per heavy atom. The molecular formula is C23H25F3N7O3+. The quantitative estimate of drug-likeness (QED) is 0.563. The maximum Gasteiger partial charge on any atom is 0.417 e. The topological polar surface area (TPSA) is 121 Å². The molecule has 10 nitrogen and oxygen atoms in total. The smallest absolute Gasteiger partial charge is 0.408 e. The van der Waals surface area contributed by atoms with Crippen molar-refractivity contribution in [2.24, 2.45) is 0 Å². The van der Waals surface area contributed by atoms with E-state index in [1.165, 1.54) is 4.90 Å². The number of hydrogen-bond donors (Lipinski definition) is 1. The Bertz CT molecular complexity index is 1250. The summed E-state index contributed by atoms with van der Waals surface area (Å²) in [6.07, 6.45) is -3.72. The number of benzene rings is 1. The fourth-order valence-electron chi connectivity index (χ4n) is 3.64. The maximum atomic E-state index is 13.8. The predicted octanol–water partition coefficient (Wildman–Crippen LogP) is 2.67. The molecule has 0 unspecified atom stereocenters. The van der Waals surface area contributed by atoms with Crippen molar-refractivity contribution >= 4 is 17.7 Å². The van der Waals surface area contributed by atoms with E-state index in [0.717, 1.165) is 12.3 Å². The zero-order valence-electron chi connectivity index (χ0n) is 19.8. The molecule has 1 atom stereocenters. The Kier molecular flexibility index (Phi) is 6.93. The van der Waals surface area contributed by atoms with E-state index < -0.39 is 11.7 Å². The molecule has 4 rings (SSSR count). The molecule has 0 saturated carbocycles. The van der Waals surface area contributed by atoms with Crippen LogP contribution in [0.2, 0.25) is 0 Å². The SMILES string of the molecule is C[C@H]1COCCN1c1nc(-c2cnc(N)cc2C(F)(F)F)nc(Oc2ccc(C(=O)N(C)C)cc2)[nH+]1. The highest BCUT2D eigenvalue weighted by molar-refractivity contribution is 5.93. The van der Waals surface area contributed by atoms with E-state index >= 15 is 0 Å². The molecule has 1 amide bonds. The molecule has 0 aliphatic carbocycles. The van der Waals surface area contributed by atoms with Crippen LogP contribution in [0.3, 0.4) is 0 Å². The van der Waals surface area contributed by atoms with E-state index in [-0.39, 0.29) is 41.1 Å². The number of hydrogen-bond acceptors (Lipinski definition) is 8. The number of pyridine rings is 1. The number of alkyl halides is 3. The molecule has 3 heterocycles. The summed E-state index contributed by atoms with van der Waals surface area (Å²) < 4.78 is 52.7. The van der Waals surface area contributed by atoms with Crippen molar-refractivity contribution in [3.05, 3.63) is 47.7 Å². The van der Waals surface area contributed by atoms with Crippen molar-refractivity contribution in [2.45, 2.75) is 19.1 Å². The number of nitrogens with zero attached hydrogens (tertiary/aromatic N) is 5. The molecule has 0 spiro atoms. The minimum Gasteiger partial charge on any atom is -0.408 e. The minimum absolute atomic E-state index is 0.0923. The molecule has 2 aromatic heterocycles. The number of halogens is 3. The number of aromatic amines is 1. The average Bonchev–Trinajstić information content (AvgIpc) is 2.83. The van der Waals surface area contributed by atoms with Crippen LogP contribution in [0, 0.1) is 0 Å². The standard InChI is InChI=1S/C23H24F3N7O3/c1-13-12-35-9-8-33(13)21-29-19(16-11-28-18(27)10-17(16)23(24,25)26)30-22(31-21)36-15-6-4-14(5-7-15)20(34)32(2)3/h4-7,10-11,13H,8-9,12H2,1-3H3,(H2,27,28)/p+1/t13-/m0/s1. The van der Waals surface area contributed by atoms with Gasteiger partial charge in [-0.25, -0.2) is 9.97 Å². The van der Waals surface area contributed by atoms with Crippen molar-refractivity contribution in [1.29, 1.82) is 0 Å². The van der Waals surface area contributed by atoms with Gasteiger partial charge >= 0.3 is 18.1 Å². The zero-order valence-corrected chi connectivity index (χ0v) is 19.8. The molecular weight excluding hydrogens is 479 g/mol. The first-order valence-corrected chi connectivity index (χ1v) is 11.0. The number of rotatable bonds is 5. The highest BCUT2D eigenvalue weighted by Gasteiger charge is 2.37. The molecule has 0 radical (unpaired) electrons. The largest absolute Gasteiger partial charge is 0.417 e. The first kappa shape index (κ1) is 25.1. The van der Waals surface area contributed by atoms with Gasteiger partial charge in [0.05, 0.1) is 36.9 Å². The van der Waals surface area contributed by atoms with E-state index in [1.807, 2.05) is 11.8 Å². The molecule has 36 heavy (non-hydrogen) atoms. The number of nitrogens with two attached hydrogens (primary N) is 1. The lowest BCUT2D eigenvalue weighted by Gasteiger charge is -2.29. The number of morpholine rings is 1. The van der Waals surface area contributed by atoms with Gasteiger partial charge in [-0.05, 0) is 37.3 Å². The first-order chi connectivity index (χ1) is 17.0. The molecule has 0 bridgehead atoms. The van der Waals surface area contributed by atoms with Gasteiger partial charge < -0.3 is 20.1 Å². The normalized spacial score (nSPS) is 16.1. The second kappa shape index (κ2) is 9.93. The van der Waals surface area contributed by atoms with Gasteiger partial charge in [-0.1, -0.05) is 9.97 Å². The lowest BCUT2D eigenvalue weighted by molar-refractivity contribution is -0.387. The van der Waals surface area contributed by atoms with Gasteiger partial charge in [-0.2, -0.15) is 13.2 Å². The number of H-pyrrole nitrogens is 1. The molecule has 1 aromatic carbocycles. The third kappa shape index (κ3) is 5.46. The van der Waals surface area contributed by atoms with Crippen LogP contribution in [-0.4, -0.2) is 65.7 Å². The summed E-state index contributed by atoms with van der Waals surface area (Å²) in [6, 6.07) is 6.84. The number of carbonyl (C=O) groups is 1. The summed E-state index contributed by atoms with van der Waals surface area (Å²) in [5.74, 6) is -0.124. The number of aromatic nitrogens is 4. The van der Waals surface area contributed by atoms with Crippen LogP contribution in [0.5, 0.6) is 11.8 Å². The fraction of sp³-hybridized carbons (Fsp3) is 0.348. The van der Waals surface area contributed by atoms with E-state index in [4.69, 9.17) is 15.2 Å². The Hall–Kier alpha value is -4.00. The third-order valence-electron chi connectivity index (χ3n) is 5.47. The van der Waals surface area contributed by atoms with Gasteiger partial charge in [0, 0.05) is 25.9 Å². The van der Waals surface area contributed by atoms with Gasteiger partial charge in [0.25, 0.3) is 11.7 Å². The van der Waals surface area contributed by atoms with Crippen LogP contribution in [0.25, 0.3) is 11.4 Å². The Labute approximate surface area is 204 Å². The summed E-state index contributed by atoms with van der Waals surface area (Å²) in [5.41, 5.74) is 4.61. The summed E-state index contributed by atoms with van der Waals surface area (Å²) >= 11 is 0. The highest BCUT2D eigenvalue weighted by Crippen LogP contribution is 2.37. The van der Waals surface area contributed by atoms with Crippen LogP contribution in [0.4, 0.5) is 24.9 Å². The van der Waals surface area contributed by atoms with Crippen molar-refractivity contribution in [2.75, 3.05) is 44.5 Å². The maximum absolute atomic E-state index is 13.8. The summed E-state index contributed by atoms with van der Waals surface area (Å²) in [6.45, 7) is 3.21. The van der Waals surface area contributed by atoms with Gasteiger partial charge in [-0.3, -0.25) is 9.69 Å². The van der Waals surface area contributed by atoms with E-state index in [0.29, 0.717) is 31.1 Å². The first-order valence-electron chi connectivity index (χ1n) is 11.0. The van der Waals surface area contributed by atoms with Crippen LogP contribution >= 0.6 is 0 Å². The van der Waals surface area contributed by atoms with E-state index in [1.54, 1.807) is 38.4 Å². The van der Waals surface area contributed by atoms with Crippen molar-refractivity contribution in [3.63, 3.8) is 0 Å². The number of amides is 1. The van der Waals surface area contributed by atoms with Gasteiger partial charge in [-0.15, -0.1) is 0 Å². The molecule has 1 aliphatic rings. The van der Waals surface area contributed by atoms with Crippen LogP contribution in [0.15, 0.2) is 36.5 Å². The number of ether oxygens (including phenoxy) is 2. The molecule has 3 N–H and O–H groups in total. The predicted molar refractivity (Wildman–Crippen MR) is 123 cm³/mol. The highest BCUT2D eigenvalue weighted by atomic mass is 19.4. The van der Waals surface area contributed by atoms with Crippen LogP contribution in [-0.2, 0) is 10.9 Å². The molecule has 1 saturated heterocycles.